The van der Waals surface area contributed by atoms with Gasteiger partial charge >= 0.3 is 0 Å². The van der Waals surface area contributed by atoms with Gasteiger partial charge in [-0.15, -0.1) is 24.0 Å². The van der Waals surface area contributed by atoms with E-state index in [1.165, 1.54) is 12.8 Å². The fraction of sp³-hybridized carbons (Fsp3) is 0.882. The molecule has 1 saturated carbocycles. The third-order valence-corrected chi connectivity index (χ3v) is 6.24. The van der Waals surface area contributed by atoms with Gasteiger partial charge in [0.2, 0.25) is 5.91 Å². The fourth-order valence-electron chi connectivity index (χ4n) is 3.26. The Hall–Kier alpha value is -0.180. The Morgan fingerprint density at radius 2 is 2.04 bits per heavy atom. The summed E-state index contributed by atoms with van der Waals surface area (Å²) in [5.41, 5.74) is 0. The molecule has 2 N–H and O–H groups in total. The van der Waals surface area contributed by atoms with Gasteiger partial charge in [0.15, 0.2) is 5.96 Å². The lowest BCUT2D eigenvalue weighted by Gasteiger charge is -2.36. The molecule has 1 heterocycles. The van der Waals surface area contributed by atoms with Crippen LogP contribution in [0.2, 0.25) is 0 Å². The normalized spacial score (nSPS) is 22.4. The number of carbonyl (C=O) groups is 1. The van der Waals surface area contributed by atoms with E-state index in [-0.39, 0.29) is 29.9 Å². The van der Waals surface area contributed by atoms with Gasteiger partial charge in [0, 0.05) is 50.1 Å². The second-order valence-electron chi connectivity index (χ2n) is 6.87. The Bertz CT molecular complexity index is 413. The zero-order valence-corrected chi connectivity index (χ0v) is 18.4. The second kappa shape index (κ2) is 11.4. The van der Waals surface area contributed by atoms with Crippen molar-refractivity contribution in [1.29, 1.82) is 0 Å². The molecule has 1 unspecified atom stereocenters. The first-order valence-electron chi connectivity index (χ1n) is 8.96. The average molecular weight is 468 g/mol. The minimum Gasteiger partial charge on any atom is -0.356 e. The van der Waals surface area contributed by atoms with Gasteiger partial charge in [0.05, 0.1) is 0 Å². The summed E-state index contributed by atoms with van der Waals surface area (Å²) in [6, 6.07) is 0.410. The maximum Gasteiger partial charge on any atom is 0.221 e. The van der Waals surface area contributed by atoms with Crippen LogP contribution in [0.5, 0.6) is 0 Å². The molecule has 0 radical (unpaired) electrons. The summed E-state index contributed by atoms with van der Waals surface area (Å²) in [5.74, 6) is 2.92. The third kappa shape index (κ3) is 6.98. The van der Waals surface area contributed by atoms with Crippen LogP contribution in [-0.4, -0.2) is 60.5 Å². The maximum atomic E-state index is 12.0. The quantitative estimate of drug-likeness (QED) is 0.370. The SMILES string of the molecule is CN=C(NCCC(=O)NC1CCCC1)N1CCSC(C(C)C)C1.I. The summed E-state index contributed by atoms with van der Waals surface area (Å²) in [6.07, 6.45) is 5.30. The van der Waals surface area contributed by atoms with Gasteiger partial charge in [0.1, 0.15) is 0 Å². The molecule has 2 rings (SSSR count). The topological polar surface area (TPSA) is 56.7 Å². The Morgan fingerprint density at radius 3 is 2.67 bits per heavy atom. The van der Waals surface area contributed by atoms with E-state index in [2.05, 4.69) is 46.1 Å². The van der Waals surface area contributed by atoms with Crippen molar-refractivity contribution in [1.82, 2.24) is 15.5 Å². The van der Waals surface area contributed by atoms with Crippen molar-refractivity contribution >= 4 is 47.6 Å². The molecule has 0 aromatic carbocycles. The molecule has 0 aromatic heterocycles. The number of aliphatic imine (C=N–C) groups is 1. The molecule has 0 aromatic rings. The molecule has 1 atom stereocenters. The van der Waals surface area contributed by atoms with Crippen molar-refractivity contribution in [2.24, 2.45) is 10.9 Å². The molecule has 140 valence electrons. The van der Waals surface area contributed by atoms with E-state index in [1.54, 1.807) is 0 Å². The van der Waals surface area contributed by atoms with Crippen LogP contribution < -0.4 is 10.6 Å². The predicted molar refractivity (Wildman–Crippen MR) is 114 cm³/mol. The molecule has 7 heteroatoms. The summed E-state index contributed by atoms with van der Waals surface area (Å²) in [5, 5.41) is 7.16. The largest absolute Gasteiger partial charge is 0.356 e. The lowest BCUT2D eigenvalue weighted by Crippen LogP contribution is -2.49. The van der Waals surface area contributed by atoms with Crippen molar-refractivity contribution in [2.75, 3.05) is 32.4 Å². The van der Waals surface area contributed by atoms with Crippen molar-refractivity contribution < 1.29 is 4.79 Å². The lowest BCUT2D eigenvalue weighted by atomic mass is 10.1. The number of halogens is 1. The van der Waals surface area contributed by atoms with Crippen LogP contribution in [0.25, 0.3) is 0 Å². The van der Waals surface area contributed by atoms with Crippen molar-refractivity contribution in [2.45, 2.75) is 57.2 Å². The molecular weight excluding hydrogens is 435 g/mol. The van der Waals surface area contributed by atoms with Gasteiger partial charge in [-0.25, -0.2) is 0 Å². The Kier molecular flexibility index (Phi) is 10.4. The Balaban J connectivity index is 0.00000288. The molecule has 5 nitrogen and oxygen atoms in total. The van der Waals surface area contributed by atoms with E-state index in [9.17, 15) is 4.79 Å². The molecule has 2 aliphatic rings. The standard InChI is InChI=1S/C17H32N4OS.HI/c1-13(2)15-12-21(10-11-23-15)17(18-3)19-9-8-16(22)20-14-6-4-5-7-14;/h13-15H,4-12H2,1-3H3,(H,18,19)(H,20,22);1H. The number of rotatable bonds is 5. The molecule has 0 bridgehead atoms. The zero-order chi connectivity index (χ0) is 16.7. The minimum atomic E-state index is 0. The summed E-state index contributed by atoms with van der Waals surface area (Å²) in [6.45, 7) is 7.29. The van der Waals surface area contributed by atoms with Crippen LogP contribution in [0.4, 0.5) is 0 Å². The van der Waals surface area contributed by atoms with Crippen molar-refractivity contribution in [3.05, 3.63) is 0 Å². The summed E-state index contributed by atoms with van der Waals surface area (Å²) in [7, 11) is 1.83. The molecule has 24 heavy (non-hydrogen) atoms. The van der Waals surface area contributed by atoms with E-state index < -0.39 is 0 Å². The van der Waals surface area contributed by atoms with Crippen LogP contribution in [0.3, 0.4) is 0 Å². The number of hydrogen-bond acceptors (Lipinski definition) is 3. The predicted octanol–water partition coefficient (Wildman–Crippen LogP) is 2.70. The van der Waals surface area contributed by atoms with Crippen molar-refractivity contribution in [3.63, 3.8) is 0 Å². The molecule has 1 aliphatic heterocycles. The minimum absolute atomic E-state index is 0. The van der Waals surface area contributed by atoms with Crippen LogP contribution in [-0.2, 0) is 4.79 Å². The van der Waals surface area contributed by atoms with E-state index in [4.69, 9.17) is 0 Å². The Morgan fingerprint density at radius 1 is 1.33 bits per heavy atom. The summed E-state index contributed by atoms with van der Waals surface area (Å²) >= 11 is 2.06. The van der Waals surface area contributed by atoms with Crippen molar-refractivity contribution in [3.8, 4) is 0 Å². The van der Waals surface area contributed by atoms with Gasteiger partial charge in [-0.1, -0.05) is 26.7 Å². The molecular formula is C17H33IN4OS. The highest BCUT2D eigenvalue weighted by atomic mass is 127. The van der Waals surface area contributed by atoms with Gasteiger partial charge in [-0.05, 0) is 18.8 Å². The highest BCUT2D eigenvalue weighted by Gasteiger charge is 2.25. The zero-order valence-electron chi connectivity index (χ0n) is 15.2. The van der Waals surface area contributed by atoms with Gasteiger partial charge in [-0.2, -0.15) is 11.8 Å². The number of guanidine groups is 1. The van der Waals surface area contributed by atoms with Gasteiger partial charge in [-0.3, -0.25) is 9.79 Å². The van der Waals surface area contributed by atoms with Crippen LogP contribution in [0.1, 0.15) is 46.0 Å². The summed E-state index contributed by atoms with van der Waals surface area (Å²) < 4.78 is 0. The highest BCUT2D eigenvalue weighted by Crippen LogP contribution is 2.24. The van der Waals surface area contributed by atoms with Gasteiger partial charge in [0.25, 0.3) is 0 Å². The fourth-order valence-corrected chi connectivity index (χ4v) is 4.56. The molecule has 1 saturated heterocycles. The summed E-state index contributed by atoms with van der Waals surface area (Å²) in [4.78, 5) is 18.7. The van der Waals surface area contributed by atoms with Crippen LogP contribution >= 0.6 is 35.7 Å². The smallest absolute Gasteiger partial charge is 0.221 e. The second-order valence-corrected chi connectivity index (χ2v) is 8.22. The number of carbonyl (C=O) groups excluding carboxylic acids is 1. The monoisotopic (exact) mass is 468 g/mol. The first-order chi connectivity index (χ1) is 11.1. The van der Waals surface area contributed by atoms with Gasteiger partial charge < -0.3 is 15.5 Å². The van der Waals surface area contributed by atoms with E-state index in [1.807, 2.05) is 7.05 Å². The number of thioether (sulfide) groups is 1. The number of nitrogens with zero attached hydrogens (tertiary/aromatic N) is 2. The number of nitrogens with one attached hydrogen (secondary N) is 2. The number of hydrogen-bond donors (Lipinski definition) is 2. The van der Waals surface area contributed by atoms with E-state index in [0.717, 1.165) is 37.6 Å². The first-order valence-corrected chi connectivity index (χ1v) is 10.0. The highest BCUT2D eigenvalue weighted by molar-refractivity contribution is 14.0. The third-order valence-electron chi connectivity index (χ3n) is 4.70. The first kappa shape index (κ1) is 21.9. The van der Waals surface area contributed by atoms with Crippen LogP contribution in [0.15, 0.2) is 4.99 Å². The molecule has 2 fully saturated rings. The molecule has 1 aliphatic carbocycles. The van der Waals surface area contributed by atoms with Crippen LogP contribution in [0, 0.1) is 5.92 Å². The lowest BCUT2D eigenvalue weighted by molar-refractivity contribution is -0.121. The molecule has 0 spiro atoms. The molecule has 1 amide bonds. The number of amides is 1. The maximum absolute atomic E-state index is 12.0. The van der Waals surface area contributed by atoms with E-state index >= 15 is 0 Å². The Labute approximate surface area is 168 Å². The van der Waals surface area contributed by atoms with E-state index in [0.29, 0.717) is 30.2 Å². The average Bonchev–Trinajstić information content (AvgIpc) is 3.04.